The minimum absolute atomic E-state index is 0.0661. The summed E-state index contributed by atoms with van der Waals surface area (Å²) in [5.74, 6) is 0.103. The lowest BCUT2D eigenvalue weighted by molar-refractivity contribution is -0.138. The Balaban J connectivity index is 1.42. The summed E-state index contributed by atoms with van der Waals surface area (Å²) in [6, 6.07) is 0. The van der Waals surface area contributed by atoms with Crippen molar-refractivity contribution in [2.24, 2.45) is 17.8 Å². The number of nitrogens with one attached hydrogen (secondary N) is 1. The molecule has 0 aromatic carbocycles. The van der Waals surface area contributed by atoms with E-state index in [-0.39, 0.29) is 42.1 Å². The van der Waals surface area contributed by atoms with E-state index < -0.39 is 11.7 Å². The third-order valence-electron chi connectivity index (χ3n) is 6.33. The number of H-pyrrole nitrogens is 1. The van der Waals surface area contributed by atoms with Crippen LogP contribution in [0.4, 0.5) is 5.82 Å². The molecule has 1 aliphatic heterocycles. The highest BCUT2D eigenvalue weighted by atomic mass is 16.5. The van der Waals surface area contributed by atoms with E-state index in [1.807, 2.05) is 6.08 Å². The molecule has 4 rings (SSSR count). The zero-order valence-electron chi connectivity index (χ0n) is 16.7. The first-order valence-electron chi connectivity index (χ1n) is 10.4. The number of hydrogen-bond acceptors (Lipinski definition) is 6. The van der Waals surface area contributed by atoms with Crippen molar-refractivity contribution in [1.82, 2.24) is 14.9 Å². The zero-order chi connectivity index (χ0) is 21.3. The number of carbonyl (C=O) groups is 2. The Bertz CT molecular complexity index is 959. The molecular weight excluding hydrogens is 388 g/mol. The van der Waals surface area contributed by atoms with Gasteiger partial charge in [0.1, 0.15) is 18.0 Å². The van der Waals surface area contributed by atoms with E-state index in [2.05, 4.69) is 22.1 Å². The molecule has 9 nitrogen and oxygen atoms in total. The SMILES string of the molecule is Nc1nc(=O)[nH]c2c1C(=O)N(C1=CCC(C3CCC(CC(=O)O)CC3)C=C1)CCO2. The van der Waals surface area contributed by atoms with Gasteiger partial charge in [-0.2, -0.15) is 4.98 Å². The molecule has 3 aliphatic rings. The van der Waals surface area contributed by atoms with Gasteiger partial charge in [-0.1, -0.05) is 12.2 Å². The van der Waals surface area contributed by atoms with Gasteiger partial charge in [0, 0.05) is 12.1 Å². The van der Waals surface area contributed by atoms with Crippen LogP contribution in [-0.4, -0.2) is 45.0 Å². The molecule has 1 atom stereocenters. The van der Waals surface area contributed by atoms with E-state index >= 15 is 0 Å². The number of carboxylic acid groups (broad SMARTS) is 1. The van der Waals surface area contributed by atoms with E-state index in [0.29, 0.717) is 18.4 Å². The average Bonchev–Trinajstić information content (AvgIpc) is 2.87. The Morgan fingerprint density at radius 2 is 2.07 bits per heavy atom. The number of carboxylic acids is 1. The molecule has 0 spiro atoms. The molecule has 1 amide bonds. The van der Waals surface area contributed by atoms with Gasteiger partial charge in [0.05, 0.1) is 6.54 Å². The molecule has 1 aromatic rings. The smallest absolute Gasteiger partial charge is 0.349 e. The highest BCUT2D eigenvalue weighted by molar-refractivity contribution is 6.01. The number of nitrogens with two attached hydrogens (primary N) is 1. The van der Waals surface area contributed by atoms with Crippen LogP contribution in [0.25, 0.3) is 0 Å². The Morgan fingerprint density at radius 1 is 1.30 bits per heavy atom. The highest BCUT2D eigenvalue weighted by Gasteiger charge is 2.32. The molecule has 1 unspecified atom stereocenters. The summed E-state index contributed by atoms with van der Waals surface area (Å²) in [6.45, 7) is 0.580. The predicted molar refractivity (Wildman–Crippen MR) is 109 cm³/mol. The number of amides is 1. The number of anilines is 1. The second-order valence-corrected chi connectivity index (χ2v) is 8.20. The Hall–Kier alpha value is -3.10. The van der Waals surface area contributed by atoms with Crippen molar-refractivity contribution in [3.8, 4) is 5.88 Å². The van der Waals surface area contributed by atoms with Crippen molar-refractivity contribution in [2.45, 2.75) is 38.5 Å². The van der Waals surface area contributed by atoms with Crippen molar-refractivity contribution in [3.05, 3.63) is 40.0 Å². The van der Waals surface area contributed by atoms with Crippen LogP contribution in [0.5, 0.6) is 5.88 Å². The number of ether oxygens (including phenoxy) is 1. The van der Waals surface area contributed by atoms with Crippen molar-refractivity contribution in [3.63, 3.8) is 0 Å². The Morgan fingerprint density at radius 3 is 2.73 bits per heavy atom. The molecule has 30 heavy (non-hydrogen) atoms. The molecule has 0 bridgehead atoms. The predicted octanol–water partition coefficient (Wildman–Crippen LogP) is 1.93. The van der Waals surface area contributed by atoms with E-state index in [1.165, 1.54) is 0 Å². The maximum absolute atomic E-state index is 13.1. The molecule has 2 heterocycles. The molecule has 9 heteroatoms. The van der Waals surface area contributed by atoms with Crippen molar-refractivity contribution in [1.29, 1.82) is 0 Å². The number of rotatable bonds is 4. The first kappa shape index (κ1) is 20.2. The van der Waals surface area contributed by atoms with E-state index in [9.17, 15) is 14.4 Å². The molecule has 1 fully saturated rings. The fourth-order valence-corrected chi connectivity index (χ4v) is 4.75. The van der Waals surface area contributed by atoms with Gasteiger partial charge in [0.25, 0.3) is 5.91 Å². The molecule has 0 saturated heterocycles. The molecule has 1 saturated carbocycles. The van der Waals surface area contributed by atoms with Crippen LogP contribution in [0, 0.1) is 17.8 Å². The Kier molecular flexibility index (Phi) is 5.61. The number of carbonyl (C=O) groups excluding carboxylic acids is 1. The summed E-state index contributed by atoms with van der Waals surface area (Å²) < 4.78 is 5.52. The number of allylic oxidation sites excluding steroid dienone is 3. The summed E-state index contributed by atoms with van der Waals surface area (Å²) in [6.07, 6.45) is 11.3. The summed E-state index contributed by atoms with van der Waals surface area (Å²) in [5.41, 5.74) is 6.05. The molecule has 1 aromatic heterocycles. The largest absolute Gasteiger partial charge is 0.481 e. The maximum atomic E-state index is 13.1. The second kappa shape index (κ2) is 8.33. The van der Waals surface area contributed by atoms with Crippen LogP contribution in [0.3, 0.4) is 0 Å². The standard InChI is InChI=1S/C21H26N4O5/c22-18-17-19(24-21(29)23-18)30-10-9-25(20(17)28)15-7-5-14(6-8-15)13-3-1-12(2-4-13)11-16(26)27/h5,7-8,12-14H,1-4,6,9-11H2,(H,26,27)(H3,22,23,24,29). The number of fused-ring (bicyclic) bond motifs is 1. The van der Waals surface area contributed by atoms with Crippen LogP contribution in [0.15, 0.2) is 28.7 Å². The molecule has 4 N–H and O–H groups in total. The fourth-order valence-electron chi connectivity index (χ4n) is 4.75. The third-order valence-corrected chi connectivity index (χ3v) is 6.33. The molecule has 0 radical (unpaired) electrons. The van der Waals surface area contributed by atoms with Gasteiger partial charge < -0.3 is 20.5 Å². The van der Waals surface area contributed by atoms with Crippen LogP contribution in [0.1, 0.15) is 48.9 Å². The minimum Gasteiger partial charge on any atom is -0.481 e. The van der Waals surface area contributed by atoms with Gasteiger partial charge >= 0.3 is 11.7 Å². The lowest BCUT2D eigenvalue weighted by Crippen LogP contribution is -2.33. The van der Waals surface area contributed by atoms with Crippen LogP contribution in [-0.2, 0) is 4.79 Å². The lowest BCUT2D eigenvalue weighted by atomic mass is 9.73. The van der Waals surface area contributed by atoms with Crippen LogP contribution in [0.2, 0.25) is 0 Å². The number of aromatic amines is 1. The zero-order valence-corrected chi connectivity index (χ0v) is 16.7. The summed E-state index contributed by atoms with van der Waals surface area (Å²) in [7, 11) is 0. The normalized spacial score (nSPS) is 26.4. The summed E-state index contributed by atoms with van der Waals surface area (Å²) >= 11 is 0. The van der Waals surface area contributed by atoms with E-state index in [1.54, 1.807) is 4.90 Å². The van der Waals surface area contributed by atoms with Gasteiger partial charge in [-0.05, 0) is 55.9 Å². The topological polar surface area (TPSA) is 139 Å². The molecular formula is C21H26N4O5. The monoisotopic (exact) mass is 414 g/mol. The van der Waals surface area contributed by atoms with E-state index in [0.717, 1.165) is 37.8 Å². The van der Waals surface area contributed by atoms with Gasteiger partial charge in [-0.25, -0.2) is 4.79 Å². The average molecular weight is 414 g/mol. The fraction of sp³-hybridized carbons (Fsp3) is 0.524. The van der Waals surface area contributed by atoms with Crippen LogP contribution < -0.4 is 16.2 Å². The lowest BCUT2D eigenvalue weighted by Gasteiger charge is -2.33. The second-order valence-electron chi connectivity index (χ2n) is 8.20. The van der Waals surface area contributed by atoms with Gasteiger partial charge in [0.2, 0.25) is 5.88 Å². The summed E-state index contributed by atoms with van der Waals surface area (Å²) in [4.78, 5) is 43.2. The Labute approximate surface area is 173 Å². The van der Waals surface area contributed by atoms with Crippen molar-refractivity contribution >= 4 is 17.7 Å². The quantitative estimate of drug-likeness (QED) is 0.684. The number of nitrogen functional groups attached to an aromatic ring is 1. The maximum Gasteiger partial charge on any atom is 0.349 e. The number of aromatic nitrogens is 2. The molecule has 160 valence electrons. The van der Waals surface area contributed by atoms with Gasteiger partial charge in [-0.15, -0.1) is 0 Å². The van der Waals surface area contributed by atoms with Crippen LogP contribution >= 0.6 is 0 Å². The first-order chi connectivity index (χ1) is 14.4. The molecule has 2 aliphatic carbocycles. The minimum atomic E-state index is -0.712. The number of aliphatic carboxylic acids is 1. The van der Waals surface area contributed by atoms with Gasteiger partial charge in [-0.3, -0.25) is 14.6 Å². The first-order valence-corrected chi connectivity index (χ1v) is 10.4. The van der Waals surface area contributed by atoms with Gasteiger partial charge in [0.15, 0.2) is 0 Å². The number of nitrogens with zero attached hydrogens (tertiary/aromatic N) is 2. The van der Waals surface area contributed by atoms with Crippen molar-refractivity contribution in [2.75, 3.05) is 18.9 Å². The number of hydrogen-bond donors (Lipinski definition) is 3. The summed E-state index contributed by atoms with van der Waals surface area (Å²) in [5, 5.41) is 8.98. The van der Waals surface area contributed by atoms with E-state index in [4.69, 9.17) is 15.6 Å². The third kappa shape index (κ3) is 4.10. The van der Waals surface area contributed by atoms with Crippen molar-refractivity contribution < 1.29 is 19.4 Å². The highest BCUT2D eigenvalue weighted by Crippen LogP contribution is 2.39.